The van der Waals surface area contributed by atoms with Crippen molar-refractivity contribution in [3.63, 3.8) is 0 Å². The Balaban J connectivity index is 1.80. The number of allylic oxidation sites excluding steroid dienone is 3. The first-order valence-electron chi connectivity index (χ1n) is 9.74. The number of hydrogen-bond acceptors (Lipinski definition) is 3. The Bertz CT molecular complexity index is 422. The highest BCUT2D eigenvalue weighted by atomic mass is 16.7. The lowest BCUT2D eigenvalue weighted by Gasteiger charge is -2.24. The molecule has 0 aromatic heterocycles. The summed E-state index contributed by atoms with van der Waals surface area (Å²) in [7, 11) is 0. The maximum Gasteiger partial charge on any atom is 0.158 e. The van der Waals surface area contributed by atoms with Crippen molar-refractivity contribution in [1.82, 2.24) is 0 Å². The van der Waals surface area contributed by atoms with E-state index in [1.165, 1.54) is 30.4 Å². The lowest BCUT2D eigenvalue weighted by molar-refractivity contribution is -0.157. The van der Waals surface area contributed by atoms with Crippen molar-refractivity contribution in [1.29, 1.82) is 0 Å². The molecule has 3 nitrogen and oxygen atoms in total. The first-order valence-corrected chi connectivity index (χ1v) is 9.74. The highest BCUT2D eigenvalue weighted by Crippen LogP contribution is 2.41. The summed E-state index contributed by atoms with van der Waals surface area (Å²) in [5, 5.41) is 10.5. The van der Waals surface area contributed by atoms with Crippen LogP contribution in [0.2, 0.25) is 0 Å². The van der Waals surface area contributed by atoms with E-state index in [9.17, 15) is 5.11 Å². The van der Waals surface area contributed by atoms with E-state index < -0.39 is 5.60 Å². The second-order valence-corrected chi connectivity index (χ2v) is 7.96. The number of aliphatic hydroxyl groups is 1. The second-order valence-electron chi connectivity index (χ2n) is 7.96. The fraction of sp³-hybridized carbons (Fsp3) is 0.810. The van der Waals surface area contributed by atoms with Gasteiger partial charge >= 0.3 is 0 Å². The maximum atomic E-state index is 10.5. The molecule has 1 saturated heterocycles. The third-order valence-electron chi connectivity index (χ3n) is 5.15. The molecule has 0 aromatic carbocycles. The van der Waals surface area contributed by atoms with Crippen LogP contribution in [-0.4, -0.2) is 30.2 Å². The van der Waals surface area contributed by atoms with E-state index in [2.05, 4.69) is 26.0 Å². The van der Waals surface area contributed by atoms with Gasteiger partial charge in [0.15, 0.2) is 6.29 Å². The molecule has 1 heterocycles. The second kappa shape index (κ2) is 9.74. The molecule has 2 fully saturated rings. The average Bonchev–Trinajstić information content (AvgIpc) is 3.38. The van der Waals surface area contributed by atoms with Crippen molar-refractivity contribution in [3.8, 4) is 0 Å². The predicted molar refractivity (Wildman–Crippen MR) is 98.9 cm³/mol. The normalized spacial score (nSPS) is 24.5. The summed E-state index contributed by atoms with van der Waals surface area (Å²) in [6.45, 7) is 7.76. The van der Waals surface area contributed by atoms with Gasteiger partial charge < -0.3 is 14.6 Å². The summed E-state index contributed by atoms with van der Waals surface area (Å²) in [5.74, 6) is 0.520. The Morgan fingerprint density at radius 3 is 2.58 bits per heavy atom. The summed E-state index contributed by atoms with van der Waals surface area (Å²) in [6, 6.07) is 0. The minimum absolute atomic E-state index is 0.0276. The number of ether oxygens (including phenoxy) is 2. The maximum absolute atomic E-state index is 10.5. The molecule has 0 bridgehead atoms. The minimum atomic E-state index is -0.491. The molecule has 0 aromatic rings. The lowest BCUT2D eigenvalue weighted by atomic mass is 9.93. The van der Waals surface area contributed by atoms with Crippen LogP contribution in [0.1, 0.15) is 78.6 Å². The SMILES string of the molecule is CC(C)=CCC/C(=C\CCC(C)(O)C1CC1)COC1CCCCO1. The Labute approximate surface area is 148 Å². The highest BCUT2D eigenvalue weighted by Gasteiger charge is 2.38. The van der Waals surface area contributed by atoms with Gasteiger partial charge in [0.05, 0.1) is 12.2 Å². The van der Waals surface area contributed by atoms with E-state index in [4.69, 9.17) is 9.47 Å². The highest BCUT2D eigenvalue weighted by molar-refractivity contribution is 5.06. The van der Waals surface area contributed by atoms with Crippen molar-refractivity contribution >= 4 is 0 Å². The fourth-order valence-electron chi connectivity index (χ4n) is 3.30. The minimum Gasteiger partial charge on any atom is -0.390 e. The smallest absolute Gasteiger partial charge is 0.158 e. The molecule has 2 atom stereocenters. The van der Waals surface area contributed by atoms with E-state index in [1.54, 1.807) is 0 Å². The zero-order chi connectivity index (χ0) is 17.4. The molecule has 1 N–H and O–H groups in total. The summed E-state index contributed by atoms with van der Waals surface area (Å²) >= 11 is 0. The van der Waals surface area contributed by atoms with Gasteiger partial charge in [-0.1, -0.05) is 17.7 Å². The third kappa shape index (κ3) is 7.50. The standard InChI is InChI=1S/C21H36O3/c1-17(2)8-6-9-18(16-24-20-11-4-5-15-23-20)10-7-14-21(3,22)19-12-13-19/h8,10,19-20,22H,4-7,9,11-16H2,1-3H3/b18-10+. The van der Waals surface area contributed by atoms with Crippen molar-refractivity contribution in [2.45, 2.75) is 90.4 Å². The van der Waals surface area contributed by atoms with Gasteiger partial charge in [-0.25, -0.2) is 0 Å². The van der Waals surface area contributed by atoms with Crippen LogP contribution in [0.25, 0.3) is 0 Å². The van der Waals surface area contributed by atoms with E-state index in [0.29, 0.717) is 12.5 Å². The van der Waals surface area contributed by atoms with Crippen LogP contribution >= 0.6 is 0 Å². The summed E-state index contributed by atoms with van der Waals surface area (Å²) in [4.78, 5) is 0. The molecule has 0 spiro atoms. The van der Waals surface area contributed by atoms with E-state index in [-0.39, 0.29) is 6.29 Å². The lowest BCUT2D eigenvalue weighted by Crippen LogP contribution is -2.26. The van der Waals surface area contributed by atoms with E-state index in [0.717, 1.165) is 45.1 Å². The molecule has 138 valence electrons. The predicted octanol–water partition coefficient (Wildman–Crippen LogP) is 5.14. The van der Waals surface area contributed by atoms with Crippen LogP contribution < -0.4 is 0 Å². The summed E-state index contributed by atoms with van der Waals surface area (Å²) in [6.07, 6.45) is 14.2. The Hall–Kier alpha value is -0.640. The largest absolute Gasteiger partial charge is 0.390 e. The molecule has 1 saturated carbocycles. The molecule has 24 heavy (non-hydrogen) atoms. The molecule has 2 unspecified atom stereocenters. The van der Waals surface area contributed by atoms with Crippen molar-refractivity contribution in [2.24, 2.45) is 5.92 Å². The first kappa shape index (κ1) is 19.7. The Morgan fingerprint density at radius 1 is 1.17 bits per heavy atom. The van der Waals surface area contributed by atoms with Crippen molar-refractivity contribution < 1.29 is 14.6 Å². The number of hydrogen-bond donors (Lipinski definition) is 1. The fourth-order valence-corrected chi connectivity index (χ4v) is 3.30. The van der Waals surface area contributed by atoms with Crippen LogP contribution in [0.5, 0.6) is 0 Å². The van der Waals surface area contributed by atoms with Gasteiger partial charge in [0.2, 0.25) is 0 Å². The van der Waals surface area contributed by atoms with E-state index in [1.807, 2.05) is 6.92 Å². The molecule has 0 radical (unpaired) electrons. The average molecular weight is 337 g/mol. The quantitative estimate of drug-likeness (QED) is 0.561. The van der Waals surface area contributed by atoms with Crippen LogP contribution in [-0.2, 0) is 9.47 Å². The summed E-state index contributed by atoms with van der Waals surface area (Å²) in [5.41, 5.74) is 2.21. The van der Waals surface area contributed by atoms with Crippen LogP contribution in [0, 0.1) is 5.92 Å². The van der Waals surface area contributed by atoms with Crippen LogP contribution in [0.3, 0.4) is 0 Å². The molecular weight excluding hydrogens is 300 g/mol. The molecular formula is C21H36O3. The van der Waals surface area contributed by atoms with Gasteiger partial charge in [0, 0.05) is 6.61 Å². The zero-order valence-electron chi connectivity index (χ0n) is 15.9. The van der Waals surface area contributed by atoms with E-state index >= 15 is 0 Å². The third-order valence-corrected chi connectivity index (χ3v) is 5.15. The van der Waals surface area contributed by atoms with Gasteiger partial charge in [-0.3, -0.25) is 0 Å². The topological polar surface area (TPSA) is 38.7 Å². The molecule has 0 amide bonds. The molecule has 1 aliphatic carbocycles. The Morgan fingerprint density at radius 2 is 1.96 bits per heavy atom. The number of rotatable bonds is 10. The van der Waals surface area contributed by atoms with Gasteiger partial charge in [-0.05, 0) is 90.0 Å². The molecule has 2 rings (SSSR count). The molecule has 1 aliphatic heterocycles. The zero-order valence-corrected chi connectivity index (χ0v) is 15.9. The van der Waals surface area contributed by atoms with Crippen molar-refractivity contribution in [3.05, 3.63) is 23.3 Å². The van der Waals surface area contributed by atoms with Crippen molar-refractivity contribution in [2.75, 3.05) is 13.2 Å². The van der Waals surface area contributed by atoms with Crippen LogP contribution in [0.15, 0.2) is 23.3 Å². The molecule has 2 aliphatic rings. The van der Waals surface area contributed by atoms with Gasteiger partial charge in [-0.2, -0.15) is 0 Å². The summed E-state index contributed by atoms with van der Waals surface area (Å²) < 4.78 is 11.6. The van der Waals surface area contributed by atoms with Gasteiger partial charge in [-0.15, -0.1) is 0 Å². The monoisotopic (exact) mass is 336 g/mol. The van der Waals surface area contributed by atoms with Gasteiger partial charge in [0.25, 0.3) is 0 Å². The van der Waals surface area contributed by atoms with Gasteiger partial charge in [0.1, 0.15) is 0 Å². The first-order chi connectivity index (χ1) is 11.5. The molecule has 3 heteroatoms. The Kier molecular flexibility index (Phi) is 7.99. The van der Waals surface area contributed by atoms with Crippen LogP contribution in [0.4, 0.5) is 0 Å².